The van der Waals surface area contributed by atoms with E-state index in [1.165, 1.54) is 12.1 Å². The summed E-state index contributed by atoms with van der Waals surface area (Å²) in [6.45, 7) is 3.49. The van der Waals surface area contributed by atoms with E-state index in [2.05, 4.69) is 10.1 Å². The molecule has 0 bridgehead atoms. The molecule has 0 saturated carbocycles. The molecule has 0 fully saturated rings. The first kappa shape index (κ1) is 13.5. The third-order valence-electron chi connectivity index (χ3n) is 2.62. The van der Waals surface area contributed by atoms with Gasteiger partial charge in [0.15, 0.2) is 24.0 Å². The van der Waals surface area contributed by atoms with Gasteiger partial charge in [-0.1, -0.05) is 18.1 Å². The minimum absolute atomic E-state index is 0.0119. The Morgan fingerprint density at radius 3 is 2.84 bits per heavy atom. The van der Waals surface area contributed by atoms with Gasteiger partial charge < -0.3 is 14.4 Å². The van der Waals surface area contributed by atoms with Crippen molar-refractivity contribution in [3.8, 4) is 5.75 Å². The molecule has 0 aliphatic rings. The number of benzene rings is 1. The second-order valence-corrected chi connectivity index (χ2v) is 4.11. The molecule has 1 aromatic heterocycles. The van der Waals surface area contributed by atoms with Gasteiger partial charge in [0.2, 0.25) is 0 Å². The summed E-state index contributed by atoms with van der Waals surface area (Å²) in [5, 5.41) is 13.0. The third-order valence-corrected chi connectivity index (χ3v) is 2.62. The highest BCUT2D eigenvalue weighted by atomic mass is 19.1. The van der Waals surface area contributed by atoms with E-state index < -0.39 is 11.9 Å². The van der Waals surface area contributed by atoms with Crippen LogP contribution in [-0.4, -0.2) is 15.2 Å². The second kappa shape index (κ2) is 5.79. The lowest BCUT2D eigenvalue weighted by Gasteiger charge is -2.08. The first-order valence-electron chi connectivity index (χ1n) is 6.02. The molecule has 0 amide bonds. The summed E-state index contributed by atoms with van der Waals surface area (Å²) in [7, 11) is 0. The van der Waals surface area contributed by atoms with E-state index in [0.717, 1.165) is 0 Å². The highest BCUT2D eigenvalue weighted by molar-refractivity contribution is 5.30. The number of aliphatic hydroxyl groups excluding tert-OH is 1. The van der Waals surface area contributed by atoms with Gasteiger partial charge in [-0.3, -0.25) is 0 Å². The van der Waals surface area contributed by atoms with E-state index >= 15 is 0 Å². The average molecular weight is 266 g/mol. The number of hydrogen-bond acceptors (Lipinski definition) is 5. The van der Waals surface area contributed by atoms with Gasteiger partial charge in [0.05, 0.1) is 6.10 Å². The molecule has 1 heterocycles. The fraction of sp³-hybridized carbons (Fsp3) is 0.385. The Labute approximate surface area is 110 Å². The standard InChI is InChI=1S/C13H15FN2O3/c1-3-12-15-13(19-16-12)7-18-11-5-4-9(8(2)17)6-10(11)14/h4-6,8,17H,3,7H2,1-2H3/t8-/m0/s1. The van der Waals surface area contributed by atoms with Gasteiger partial charge in [-0.05, 0) is 24.6 Å². The molecule has 0 unspecified atom stereocenters. The van der Waals surface area contributed by atoms with Crippen molar-refractivity contribution in [2.45, 2.75) is 33.0 Å². The molecule has 1 atom stereocenters. The SMILES string of the molecule is CCc1noc(COc2ccc([C@H](C)O)cc2F)n1. The molecule has 2 aromatic rings. The number of ether oxygens (including phenoxy) is 1. The van der Waals surface area contributed by atoms with Gasteiger partial charge in [0, 0.05) is 6.42 Å². The van der Waals surface area contributed by atoms with Crippen LogP contribution in [0.2, 0.25) is 0 Å². The first-order chi connectivity index (χ1) is 9.10. The van der Waals surface area contributed by atoms with Gasteiger partial charge in [-0.15, -0.1) is 0 Å². The number of halogens is 1. The number of aromatic nitrogens is 2. The van der Waals surface area contributed by atoms with Crippen LogP contribution in [0.4, 0.5) is 4.39 Å². The lowest BCUT2D eigenvalue weighted by molar-refractivity contribution is 0.198. The molecule has 0 aliphatic carbocycles. The largest absolute Gasteiger partial charge is 0.481 e. The van der Waals surface area contributed by atoms with E-state index in [9.17, 15) is 9.50 Å². The zero-order valence-electron chi connectivity index (χ0n) is 10.8. The van der Waals surface area contributed by atoms with Crippen LogP contribution >= 0.6 is 0 Å². The van der Waals surface area contributed by atoms with Crippen LogP contribution in [0, 0.1) is 5.82 Å². The molecule has 5 nitrogen and oxygen atoms in total. The van der Waals surface area contributed by atoms with Crippen LogP contribution < -0.4 is 4.74 Å². The smallest absolute Gasteiger partial charge is 0.264 e. The minimum atomic E-state index is -0.716. The lowest BCUT2D eigenvalue weighted by atomic mass is 10.1. The summed E-state index contributed by atoms with van der Waals surface area (Å²) < 4.78 is 23.9. The van der Waals surface area contributed by atoms with Gasteiger partial charge in [0.25, 0.3) is 5.89 Å². The molecule has 0 spiro atoms. The Morgan fingerprint density at radius 2 is 2.26 bits per heavy atom. The Kier molecular flexibility index (Phi) is 4.11. The highest BCUT2D eigenvalue weighted by Gasteiger charge is 2.10. The van der Waals surface area contributed by atoms with Crippen LogP contribution in [0.15, 0.2) is 22.7 Å². The zero-order valence-corrected chi connectivity index (χ0v) is 10.8. The van der Waals surface area contributed by atoms with Crippen LogP contribution in [0.1, 0.15) is 37.2 Å². The summed E-state index contributed by atoms with van der Waals surface area (Å²) in [6, 6.07) is 4.31. The molecular weight excluding hydrogens is 251 g/mol. The van der Waals surface area contributed by atoms with Gasteiger partial charge in [0.1, 0.15) is 0 Å². The third kappa shape index (κ3) is 3.29. The molecule has 0 radical (unpaired) electrons. The average Bonchev–Trinajstić information content (AvgIpc) is 2.85. The minimum Gasteiger partial charge on any atom is -0.481 e. The Bertz CT molecular complexity index is 555. The maximum absolute atomic E-state index is 13.7. The Morgan fingerprint density at radius 1 is 1.47 bits per heavy atom. The first-order valence-corrected chi connectivity index (χ1v) is 6.02. The molecule has 6 heteroatoms. The molecular formula is C13H15FN2O3. The predicted molar refractivity (Wildman–Crippen MR) is 65.0 cm³/mol. The highest BCUT2D eigenvalue weighted by Crippen LogP contribution is 2.22. The van der Waals surface area contributed by atoms with E-state index in [1.54, 1.807) is 13.0 Å². The lowest BCUT2D eigenvalue weighted by Crippen LogP contribution is -1.99. The van der Waals surface area contributed by atoms with Crippen LogP contribution in [0.3, 0.4) is 0 Å². The van der Waals surface area contributed by atoms with Crippen molar-refractivity contribution in [3.63, 3.8) is 0 Å². The molecule has 19 heavy (non-hydrogen) atoms. The van der Waals surface area contributed by atoms with Crippen molar-refractivity contribution >= 4 is 0 Å². The zero-order chi connectivity index (χ0) is 13.8. The topological polar surface area (TPSA) is 68.4 Å². The van der Waals surface area contributed by atoms with Crippen molar-refractivity contribution in [2.75, 3.05) is 0 Å². The maximum Gasteiger partial charge on any atom is 0.264 e. The number of nitrogens with zero attached hydrogens (tertiary/aromatic N) is 2. The van der Waals surface area contributed by atoms with Gasteiger partial charge in [-0.2, -0.15) is 4.98 Å². The number of aryl methyl sites for hydroxylation is 1. The quantitative estimate of drug-likeness (QED) is 0.900. The van der Waals surface area contributed by atoms with E-state index in [0.29, 0.717) is 23.7 Å². The monoisotopic (exact) mass is 266 g/mol. The second-order valence-electron chi connectivity index (χ2n) is 4.11. The number of aliphatic hydroxyl groups is 1. The Hall–Kier alpha value is -1.95. The summed E-state index contributed by atoms with van der Waals surface area (Å²) in [5.41, 5.74) is 0.496. The Balaban J connectivity index is 2.03. The fourth-order valence-corrected chi connectivity index (χ4v) is 1.53. The normalized spacial score (nSPS) is 12.4. The van der Waals surface area contributed by atoms with E-state index in [-0.39, 0.29) is 12.4 Å². The maximum atomic E-state index is 13.7. The molecule has 2 rings (SSSR count). The van der Waals surface area contributed by atoms with Crippen molar-refractivity contribution < 1.29 is 18.8 Å². The van der Waals surface area contributed by atoms with Gasteiger partial charge in [-0.25, -0.2) is 4.39 Å². The summed E-state index contributed by atoms with van der Waals surface area (Å²) in [4.78, 5) is 4.05. The van der Waals surface area contributed by atoms with Crippen molar-refractivity contribution in [1.29, 1.82) is 0 Å². The summed E-state index contributed by atoms with van der Waals surface area (Å²) in [6.07, 6.45) is -0.0485. The van der Waals surface area contributed by atoms with E-state index in [1.807, 2.05) is 6.92 Å². The van der Waals surface area contributed by atoms with Crippen LogP contribution in [0.5, 0.6) is 5.75 Å². The number of rotatable bonds is 5. The predicted octanol–water partition coefficient (Wildman–Crippen LogP) is 2.40. The summed E-state index contributed by atoms with van der Waals surface area (Å²) in [5.74, 6) is 0.439. The van der Waals surface area contributed by atoms with Crippen molar-refractivity contribution in [3.05, 3.63) is 41.3 Å². The molecule has 102 valence electrons. The van der Waals surface area contributed by atoms with E-state index in [4.69, 9.17) is 9.26 Å². The van der Waals surface area contributed by atoms with Crippen LogP contribution in [-0.2, 0) is 13.0 Å². The van der Waals surface area contributed by atoms with Crippen molar-refractivity contribution in [2.24, 2.45) is 0 Å². The molecule has 0 saturated heterocycles. The van der Waals surface area contributed by atoms with Crippen LogP contribution in [0.25, 0.3) is 0 Å². The summed E-state index contributed by atoms with van der Waals surface area (Å²) >= 11 is 0. The van der Waals surface area contributed by atoms with Crippen molar-refractivity contribution in [1.82, 2.24) is 10.1 Å². The fourth-order valence-electron chi connectivity index (χ4n) is 1.53. The number of hydrogen-bond donors (Lipinski definition) is 1. The van der Waals surface area contributed by atoms with Gasteiger partial charge >= 0.3 is 0 Å². The molecule has 0 aliphatic heterocycles. The molecule has 1 aromatic carbocycles. The molecule has 1 N–H and O–H groups in total.